The highest BCUT2D eigenvalue weighted by atomic mass is 127. The van der Waals surface area contributed by atoms with E-state index < -0.39 is 10.0 Å². The molecular formula is C28H32IN5O4S. The average Bonchev–Trinajstić information content (AvgIpc) is 2.94. The van der Waals surface area contributed by atoms with Crippen LogP contribution in [-0.2, 0) is 14.8 Å². The second-order valence-corrected chi connectivity index (χ2v) is 10.2. The minimum atomic E-state index is -4.10. The first kappa shape index (κ1) is 31.5. The Balaban J connectivity index is 2.27. The summed E-state index contributed by atoms with van der Waals surface area (Å²) in [5, 5.41) is 0. The van der Waals surface area contributed by atoms with E-state index >= 15 is 0 Å². The summed E-state index contributed by atoms with van der Waals surface area (Å²) in [6.07, 6.45) is 7.12. The first-order chi connectivity index (χ1) is 18.6. The number of allylic oxidation sites excluding steroid dienone is 4. The van der Waals surface area contributed by atoms with Crippen LogP contribution in [0.2, 0.25) is 0 Å². The number of nitrogens with one attached hydrogen (secondary N) is 1. The molecule has 1 N–H and O–H groups in total. The van der Waals surface area contributed by atoms with E-state index in [0.29, 0.717) is 37.4 Å². The van der Waals surface area contributed by atoms with Crippen molar-refractivity contribution in [3.05, 3.63) is 103 Å². The second kappa shape index (κ2) is 14.4. The summed E-state index contributed by atoms with van der Waals surface area (Å²) >= 11 is 1.69. The van der Waals surface area contributed by atoms with Crippen LogP contribution in [0.25, 0.3) is 5.70 Å². The predicted octanol–water partition coefficient (Wildman–Crippen LogP) is 5.27. The maximum Gasteiger partial charge on any atom is 0.272 e. The number of hydrogen-bond donors (Lipinski definition) is 1. The van der Waals surface area contributed by atoms with Crippen molar-refractivity contribution in [1.82, 2.24) is 9.80 Å². The van der Waals surface area contributed by atoms with Crippen molar-refractivity contribution in [2.24, 2.45) is 9.98 Å². The molecule has 1 saturated heterocycles. The Morgan fingerprint density at radius 1 is 1.10 bits per heavy atom. The molecule has 1 fully saturated rings. The van der Waals surface area contributed by atoms with E-state index in [2.05, 4.69) is 54.3 Å². The first-order valence-corrected chi connectivity index (χ1v) is 14.1. The molecule has 1 aliphatic rings. The summed E-state index contributed by atoms with van der Waals surface area (Å²) in [5.41, 5.74) is 2.38. The van der Waals surface area contributed by atoms with Crippen LogP contribution in [0.15, 0.2) is 107 Å². The van der Waals surface area contributed by atoms with Gasteiger partial charge < -0.3 is 12.9 Å². The predicted molar refractivity (Wildman–Crippen MR) is 169 cm³/mol. The number of anilines is 1. The Hall–Kier alpha value is -3.71. The second-order valence-electron chi connectivity index (χ2n) is 8.10. The van der Waals surface area contributed by atoms with Gasteiger partial charge >= 0.3 is 0 Å². The number of halogens is 1. The smallest absolute Gasteiger partial charge is 0.272 e. The zero-order valence-electron chi connectivity index (χ0n) is 21.9. The maximum atomic E-state index is 13.3. The largest absolute Gasteiger partial charge is 0.425 e. The number of amides is 1. The lowest BCUT2D eigenvalue weighted by atomic mass is 10.1. The highest BCUT2D eigenvalue weighted by Crippen LogP contribution is 2.33. The van der Waals surface area contributed by atoms with Crippen LogP contribution in [0, 0.1) is 0 Å². The minimum absolute atomic E-state index is 0.130. The van der Waals surface area contributed by atoms with E-state index in [-0.39, 0.29) is 33.6 Å². The molecule has 1 amide bonds. The van der Waals surface area contributed by atoms with Crippen molar-refractivity contribution in [3.63, 3.8) is 0 Å². The third-order valence-electron chi connectivity index (χ3n) is 5.77. The monoisotopic (exact) mass is 661 g/mol. The van der Waals surface area contributed by atoms with E-state index in [4.69, 9.17) is 3.07 Å². The van der Waals surface area contributed by atoms with Gasteiger partial charge in [0.15, 0.2) is 28.8 Å². The van der Waals surface area contributed by atoms with Crippen molar-refractivity contribution < 1.29 is 16.3 Å². The number of hydrogen-bond acceptors (Lipinski definition) is 7. The Bertz CT molecular complexity index is 1380. The van der Waals surface area contributed by atoms with Gasteiger partial charge in [0.05, 0.1) is 11.4 Å². The molecule has 2 rings (SSSR count). The fourth-order valence-corrected chi connectivity index (χ4v) is 5.33. The fourth-order valence-electron chi connectivity index (χ4n) is 3.74. The first-order valence-electron chi connectivity index (χ1n) is 11.7. The third kappa shape index (κ3) is 7.67. The molecule has 1 aliphatic heterocycles. The topological polar surface area (TPSA) is 104 Å². The van der Waals surface area contributed by atoms with Gasteiger partial charge in [-0.1, -0.05) is 51.1 Å². The van der Waals surface area contributed by atoms with Crippen molar-refractivity contribution in [2.45, 2.75) is 6.92 Å². The molecule has 0 unspecified atom stereocenters. The number of benzene rings is 1. The fraction of sp³-hybridized carbons (Fsp3) is 0.179. The lowest BCUT2D eigenvalue weighted by Crippen LogP contribution is -2.48. The van der Waals surface area contributed by atoms with Crippen molar-refractivity contribution >= 4 is 63.3 Å². The van der Waals surface area contributed by atoms with Crippen LogP contribution in [0.5, 0.6) is 5.75 Å². The van der Waals surface area contributed by atoms with Crippen LogP contribution in [0.4, 0.5) is 5.69 Å². The number of carbonyl (C=O) groups excluding carboxylic acids is 1. The van der Waals surface area contributed by atoms with Crippen LogP contribution in [0.3, 0.4) is 0 Å². The van der Waals surface area contributed by atoms with Gasteiger partial charge in [0.2, 0.25) is 0 Å². The molecule has 0 bridgehead atoms. The van der Waals surface area contributed by atoms with Gasteiger partial charge in [-0.2, -0.15) is 0 Å². The highest BCUT2D eigenvalue weighted by Gasteiger charge is 2.26. The molecule has 0 atom stereocenters. The van der Waals surface area contributed by atoms with Crippen molar-refractivity contribution in [1.29, 1.82) is 0 Å². The summed E-state index contributed by atoms with van der Waals surface area (Å²) in [5.74, 6) is 0.0826. The number of rotatable bonds is 13. The summed E-state index contributed by atoms with van der Waals surface area (Å²) in [4.78, 5) is 24.2. The molecule has 0 radical (unpaired) electrons. The normalized spacial score (nSPS) is 14.8. The Kier molecular flexibility index (Phi) is 11.7. The molecule has 9 nitrogen and oxygen atoms in total. The molecule has 0 spiro atoms. The van der Waals surface area contributed by atoms with Gasteiger partial charge in [-0.3, -0.25) is 19.5 Å². The molecule has 206 valence electrons. The summed E-state index contributed by atoms with van der Waals surface area (Å²) < 4.78 is 34.6. The van der Waals surface area contributed by atoms with Gasteiger partial charge in [0.1, 0.15) is 10.6 Å². The summed E-state index contributed by atoms with van der Waals surface area (Å²) in [6.45, 7) is 26.1. The number of piperazine rings is 1. The third-order valence-corrected chi connectivity index (χ3v) is 7.68. The molecule has 39 heavy (non-hydrogen) atoms. The lowest BCUT2D eigenvalue weighted by Gasteiger charge is -2.37. The van der Waals surface area contributed by atoms with E-state index in [1.54, 1.807) is 53.0 Å². The Morgan fingerprint density at radius 3 is 2.26 bits per heavy atom. The Morgan fingerprint density at radius 2 is 1.74 bits per heavy atom. The number of nitrogens with zero attached hydrogens (tertiary/aromatic N) is 4. The Labute approximate surface area is 244 Å². The van der Waals surface area contributed by atoms with E-state index in [1.807, 2.05) is 4.90 Å². The average molecular weight is 662 g/mol. The molecule has 1 heterocycles. The summed E-state index contributed by atoms with van der Waals surface area (Å²) in [6, 6.07) is 5.04. The van der Waals surface area contributed by atoms with Crippen molar-refractivity contribution in [2.75, 3.05) is 30.9 Å². The molecular weight excluding hydrogens is 629 g/mol. The molecule has 0 saturated carbocycles. The molecule has 11 heteroatoms. The minimum Gasteiger partial charge on any atom is -0.425 e. The SMILES string of the molecule is C=C/C=C(\N=C)C(=O)N1CCN(C(=C)c2ccc(NS(=O)(=O)/C(C=C)=C(\N=C/C)C(=C)C=C)c(OI)c2)CC1. The number of sulfonamides is 1. The lowest BCUT2D eigenvalue weighted by molar-refractivity contribution is -0.128. The van der Waals surface area contributed by atoms with Gasteiger partial charge in [0.25, 0.3) is 15.9 Å². The standard InChI is InChI=1S/C28H32IN5O4S/c1-8-12-24(30-7)28(35)34-17-15-33(16-18-34)21(6)22-13-14-23(25(19-22)38-29)32-39(36,37)26(10-3)27(31-11-4)20(5)9-2/h8-14,19,32H,1-3,5-7,15-18H2,4H3/b24-12-,27-26-,31-11-. The van der Waals surface area contributed by atoms with Crippen LogP contribution in [-0.4, -0.2) is 63.2 Å². The highest BCUT2D eigenvalue weighted by molar-refractivity contribution is 14.1. The van der Waals surface area contributed by atoms with Gasteiger partial charge in [-0.25, -0.2) is 8.42 Å². The zero-order valence-corrected chi connectivity index (χ0v) is 24.9. The van der Waals surface area contributed by atoms with E-state index in [9.17, 15) is 13.2 Å². The number of aliphatic imine (C=N–C) groups is 2. The van der Waals surface area contributed by atoms with E-state index in [0.717, 1.165) is 5.56 Å². The van der Waals surface area contributed by atoms with Gasteiger partial charge in [-0.15, -0.1) is 0 Å². The van der Waals surface area contributed by atoms with Crippen molar-refractivity contribution in [3.8, 4) is 5.75 Å². The molecule has 1 aromatic carbocycles. The number of carbonyl (C=O) groups is 1. The van der Waals surface area contributed by atoms with Gasteiger partial charge in [-0.05, 0) is 43.5 Å². The van der Waals surface area contributed by atoms with Crippen LogP contribution < -0.4 is 7.79 Å². The maximum absolute atomic E-state index is 13.3. The van der Waals surface area contributed by atoms with Gasteiger partial charge in [0, 0.05) is 43.7 Å². The summed E-state index contributed by atoms with van der Waals surface area (Å²) in [7, 11) is -4.10. The molecule has 0 aromatic heterocycles. The zero-order chi connectivity index (χ0) is 29.2. The molecule has 0 aliphatic carbocycles. The van der Waals surface area contributed by atoms with Crippen LogP contribution in [0.1, 0.15) is 12.5 Å². The van der Waals surface area contributed by atoms with E-state index in [1.165, 1.54) is 30.5 Å². The quantitative estimate of drug-likeness (QED) is 0.134. The van der Waals surface area contributed by atoms with Crippen LogP contribution >= 0.6 is 23.0 Å². The molecule has 1 aromatic rings.